The minimum Gasteiger partial charge on any atom is -0.365 e. The second-order valence-electron chi connectivity index (χ2n) is 4.63. The molecule has 2 rings (SSSR count). The summed E-state index contributed by atoms with van der Waals surface area (Å²) in [7, 11) is 0. The number of hydrogen-bond donors (Lipinski definition) is 1. The van der Waals surface area contributed by atoms with Crippen LogP contribution in [0, 0.1) is 0 Å². The van der Waals surface area contributed by atoms with Gasteiger partial charge in [0.05, 0.1) is 12.5 Å². The van der Waals surface area contributed by atoms with Gasteiger partial charge in [-0.1, -0.05) is 0 Å². The van der Waals surface area contributed by atoms with Gasteiger partial charge in [-0.25, -0.2) is 13.2 Å². The van der Waals surface area contributed by atoms with Gasteiger partial charge >= 0.3 is 0 Å². The molecule has 0 amide bonds. The summed E-state index contributed by atoms with van der Waals surface area (Å²) in [6.07, 6.45) is -1.27. The number of hydrogen-bond acceptors (Lipinski definition) is 2. The van der Waals surface area contributed by atoms with Crippen LogP contribution in [-0.2, 0) is 4.74 Å². The minimum atomic E-state index is -2.84. The standard InChI is InChI=1S/C10H15F3O2/c11-7-1-2-8(5-7)15-10(14)4-3-9(12,13)6-10/h7-8,14H,1-6H2. The van der Waals surface area contributed by atoms with Crippen molar-refractivity contribution in [1.29, 1.82) is 0 Å². The first-order valence-electron chi connectivity index (χ1n) is 5.31. The average Bonchev–Trinajstić information content (AvgIpc) is 2.57. The lowest BCUT2D eigenvalue weighted by atomic mass is 10.2. The predicted molar refractivity (Wildman–Crippen MR) is 47.4 cm³/mol. The second kappa shape index (κ2) is 3.63. The first-order chi connectivity index (χ1) is 6.89. The Morgan fingerprint density at radius 1 is 1.20 bits per heavy atom. The van der Waals surface area contributed by atoms with Gasteiger partial charge in [0, 0.05) is 19.3 Å². The third-order valence-corrected chi connectivity index (χ3v) is 3.12. The zero-order chi connectivity index (χ0) is 11.1. The fraction of sp³-hybridized carbons (Fsp3) is 1.00. The molecule has 2 saturated carbocycles. The maximum atomic E-state index is 12.9. The van der Waals surface area contributed by atoms with Gasteiger partial charge in [0.25, 0.3) is 5.92 Å². The van der Waals surface area contributed by atoms with Crippen molar-refractivity contribution in [3.05, 3.63) is 0 Å². The van der Waals surface area contributed by atoms with Gasteiger partial charge in [0.2, 0.25) is 0 Å². The normalized spacial score (nSPS) is 44.8. The Kier molecular flexibility index (Phi) is 2.71. The number of halogens is 3. The van der Waals surface area contributed by atoms with E-state index in [0.717, 1.165) is 0 Å². The van der Waals surface area contributed by atoms with E-state index in [1.807, 2.05) is 0 Å². The molecule has 2 fully saturated rings. The molecule has 2 aliphatic carbocycles. The van der Waals surface area contributed by atoms with E-state index in [1.54, 1.807) is 0 Å². The van der Waals surface area contributed by atoms with Crippen LogP contribution in [0.2, 0.25) is 0 Å². The summed E-state index contributed by atoms with van der Waals surface area (Å²) in [6.45, 7) is 0. The molecular weight excluding hydrogens is 209 g/mol. The monoisotopic (exact) mass is 224 g/mol. The Morgan fingerprint density at radius 3 is 2.40 bits per heavy atom. The van der Waals surface area contributed by atoms with Crippen molar-refractivity contribution in [2.24, 2.45) is 0 Å². The molecule has 15 heavy (non-hydrogen) atoms. The molecule has 0 heterocycles. The van der Waals surface area contributed by atoms with Gasteiger partial charge in [-0.15, -0.1) is 0 Å². The van der Waals surface area contributed by atoms with Gasteiger partial charge in [-0.3, -0.25) is 0 Å². The molecule has 0 saturated heterocycles. The van der Waals surface area contributed by atoms with Crippen LogP contribution in [0.4, 0.5) is 13.2 Å². The van der Waals surface area contributed by atoms with E-state index in [1.165, 1.54) is 0 Å². The molecular formula is C10H15F3O2. The van der Waals surface area contributed by atoms with E-state index < -0.39 is 30.4 Å². The maximum Gasteiger partial charge on any atom is 0.253 e. The van der Waals surface area contributed by atoms with E-state index in [0.29, 0.717) is 12.8 Å². The summed E-state index contributed by atoms with van der Waals surface area (Å²) >= 11 is 0. The maximum absolute atomic E-state index is 12.9. The van der Waals surface area contributed by atoms with Crippen LogP contribution < -0.4 is 0 Å². The van der Waals surface area contributed by atoms with Gasteiger partial charge < -0.3 is 9.84 Å². The van der Waals surface area contributed by atoms with Crippen molar-refractivity contribution in [3.63, 3.8) is 0 Å². The summed E-state index contributed by atoms with van der Waals surface area (Å²) < 4.78 is 43.8. The highest BCUT2D eigenvalue weighted by Crippen LogP contribution is 2.44. The van der Waals surface area contributed by atoms with Crippen LogP contribution in [-0.4, -0.2) is 29.1 Å². The molecule has 3 unspecified atom stereocenters. The van der Waals surface area contributed by atoms with Gasteiger partial charge in [-0.2, -0.15) is 0 Å². The largest absolute Gasteiger partial charge is 0.365 e. The van der Waals surface area contributed by atoms with Gasteiger partial charge in [0.1, 0.15) is 6.17 Å². The molecule has 0 bridgehead atoms. The Labute approximate surface area is 86.4 Å². The highest BCUT2D eigenvalue weighted by atomic mass is 19.3. The quantitative estimate of drug-likeness (QED) is 0.730. The minimum absolute atomic E-state index is 0.0621. The van der Waals surface area contributed by atoms with Gasteiger partial charge in [-0.05, 0) is 12.8 Å². The molecule has 2 aliphatic rings. The van der Waals surface area contributed by atoms with E-state index in [9.17, 15) is 18.3 Å². The summed E-state index contributed by atoms with van der Waals surface area (Å²) in [5.74, 6) is -4.58. The molecule has 0 radical (unpaired) electrons. The topological polar surface area (TPSA) is 29.5 Å². The van der Waals surface area contributed by atoms with Crippen LogP contribution in [0.25, 0.3) is 0 Å². The van der Waals surface area contributed by atoms with E-state index in [4.69, 9.17) is 4.74 Å². The SMILES string of the molecule is OC1(OC2CCC(F)C2)CCC(F)(F)C1. The number of ether oxygens (including phenoxy) is 1. The number of alkyl halides is 3. The fourth-order valence-electron chi connectivity index (χ4n) is 2.36. The molecule has 0 aromatic carbocycles. The third-order valence-electron chi connectivity index (χ3n) is 3.12. The lowest BCUT2D eigenvalue weighted by Crippen LogP contribution is -2.34. The molecule has 0 aliphatic heterocycles. The van der Waals surface area contributed by atoms with Crippen molar-refractivity contribution < 1.29 is 23.0 Å². The molecule has 2 nitrogen and oxygen atoms in total. The van der Waals surface area contributed by atoms with E-state index >= 15 is 0 Å². The Balaban J connectivity index is 1.89. The summed E-state index contributed by atoms with van der Waals surface area (Å²) in [5, 5.41) is 9.75. The molecule has 0 aromatic heterocycles. The van der Waals surface area contributed by atoms with E-state index in [-0.39, 0.29) is 19.3 Å². The van der Waals surface area contributed by atoms with Crippen molar-refractivity contribution >= 4 is 0 Å². The van der Waals surface area contributed by atoms with Gasteiger partial charge in [0.15, 0.2) is 5.79 Å². The Bertz CT molecular complexity index is 247. The fourth-order valence-corrected chi connectivity index (χ4v) is 2.36. The molecule has 88 valence electrons. The molecule has 5 heteroatoms. The van der Waals surface area contributed by atoms with Crippen molar-refractivity contribution in [3.8, 4) is 0 Å². The molecule has 1 N–H and O–H groups in total. The third kappa shape index (κ3) is 2.64. The van der Waals surface area contributed by atoms with Crippen LogP contribution in [0.15, 0.2) is 0 Å². The molecule has 0 spiro atoms. The zero-order valence-corrected chi connectivity index (χ0v) is 8.39. The first kappa shape index (κ1) is 11.2. The second-order valence-corrected chi connectivity index (χ2v) is 4.63. The predicted octanol–water partition coefficient (Wildman–Crippen LogP) is 2.40. The lowest BCUT2D eigenvalue weighted by molar-refractivity contribution is -0.233. The highest BCUT2D eigenvalue weighted by molar-refractivity contribution is 4.89. The Hall–Kier alpha value is -0.290. The van der Waals surface area contributed by atoms with Crippen molar-refractivity contribution in [2.75, 3.05) is 0 Å². The van der Waals surface area contributed by atoms with Crippen LogP contribution >= 0.6 is 0 Å². The highest BCUT2D eigenvalue weighted by Gasteiger charge is 2.50. The smallest absolute Gasteiger partial charge is 0.253 e. The molecule has 0 aromatic rings. The molecule has 3 atom stereocenters. The number of aliphatic hydroxyl groups is 1. The lowest BCUT2D eigenvalue weighted by Gasteiger charge is -2.26. The van der Waals surface area contributed by atoms with Crippen LogP contribution in [0.3, 0.4) is 0 Å². The summed E-state index contributed by atoms with van der Waals surface area (Å²) in [5.41, 5.74) is 0. The summed E-state index contributed by atoms with van der Waals surface area (Å²) in [4.78, 5) is 0. The van der Waals surface area contributed by atoms with Crippen molar-refractivity contribution in [1.82, 2.24) is 0 Å². The first-order valence-corrected chi connectivity index (χ1v) is 5.31. The van der Waals surface area contributed by atoms with Crippen molar-refractivity contribution in [2.45, 2.75) is 62.5 Å². The summed E-state index contributed by atoms with van der Waals surface area (Å²) in [6, 6.07) is 0. The van der Waals surface area contributed by atoms with Crippen LogP contribution in [0.5, 0.6) is 0 Å². The number of rotatable bonds is 2. The average molecular weight is 224 g/mol. The van der Waals surface area contributed by atoms with E-state index in [2.05, 4.69) is 0 Å². The zero-order valence-electron chi connectivity index (χ0n) is 8.39. The van der Waals surface area contributed by atoms with Crippen LogP contribution in [0.1, 0.15) is 38.5 Å². The Morgan fingerprint density at radius 2 is 1.93 bits per heavy atom.